The normalized spacial score (nSPS) is 10.1. The Balaban J connectivity index is 0.000000181. The van der Waals surface area contributed by atoms with Crippen molar-refractivity contribution in [3.63, 3.8) is 0 Å². The van der Waals surface area contributed by atoms with Gasteiger partial charge in [-0.3, -0.25) is 9.59 Å². The summed E-state index contributed by atoms with van der Waals surface area (Å²) >= 11 is 2.34. The van der Waals surface area contributed by atoms with Crippen LogP contribution in [0, 0.1) is 0 Å². The lowest BCUT2D eigenvalue weighted by Crippen LogP contribution is -2.01. The predicted octanol–water partition coefficient (Wildman–Crippen LogP) is 3.93. The highest BCUT2D eigenvalue weighted by molar-refractivity contribution is 7.17. The Bertz CT molecular complexity index is 1140. The highest BCUT2D eigenvalue weighted by Gasteiger charge is 2.17. The van der Waals surface area contributed by atoms with Crippen LogP contribution >= 0.6 is 22.7 Å². The first-order valence-corrected chi connectivity index (χ1v) is 10.9. The number of nitrogen functional groups attached to an aromatic ring is 2. The highest BCUT2D eigenvalue weighted by Crippen LogP contribution is 2.25. The van der Waals surface area contributed by atoms with Crippen molar-refractivity contribution in [1.82, 2.24) is 9.97 Å². The molecule has 32 heavy (non-hydrogen) atoms. The molecular weight excluding hydrogens is 448 g/mol. The van der Waals surface area contributed by atoms with Crippen LogP contribution in [-0.4, -0.2) is 35.8 Å². The van der Waals surface area contributed by atoms with Gasteiger partial charge in [0.15, 0.2) is 10.3 Å². The van der Waals surface area contributed by atoms with Crippen molar-refractivity contribution in [2.45, 2.75) is 0 Å². The number of aromatic nitrogens is 2. The van der Waals surface area contributed by atoms with E-state index in [1.54, 1.807) is 36.4 Å². The Hall–Kier alpha value is -3.76. The van der Waals surface area contributed by atoms with Crippen molar-refractivity contribution >= 4 is 44.5 Å². The molecule has 2 heterocycles. The van der Waals surface area contributed by atoms with Gasteiger partial charge in [-0.1, -0.05) is 46.9 Å². The van der Waals surface area contributed by atoms with Gasteiger partial charge in [0.25, 0.3) is 0 Å². The maximum Gasteiger partial charge on any atom is 0.208 e. The van der Waals surface area contributed by atoms with Gasteiger partial charge >= 0.3 is 0 Å². The maximum atomic E-state index is 12.1. The second-order valence-corrected chi connectivity index (χ2v) is 8.31. The average molecular weight is 469 g/mol. The summed E-state index contributed by atoms with van der Waals surface area (Å²) in [6, 6.07) is 14.1. The van der Waals surface area contributed by atoms with Crippen molar-refractivity contribution in [2.75, 3.05) is 25.7 Å². The Kier molecular flexibility index (Phi) is 7.53. The number of nitrogens with two attached hydrogens (primary N) is 2. The van der Waals surface area contributed by atoms with Gasteiger partial charge in [-0.05, 0) is 24.3 Å². The first kappa shape index (κ1) is 22.9. The summed E-state index contributed by atoms with van der Waals surface area (Å²) in [5.74, 6) is 0.872. The zero-order chi connectivity index (χ0) is 23.1. The molecule has 4 aromatic rings. The lowest BCUT2D eigenvalue weighted by Gasteiger charge is -2.04. The standard InChI is InChI=1S/2C11H10N2O2S/c2*1-15-8-5-3-2-4-7(8)10(14)9-6-13-11(12)16-9/h2*2-6H,1H3,(H2,12,13). The van der Waals surface area contributed by atoms with Crippen LogP contribution in [0.25, 0.3) is 0 Å². The number of carbonyl (C=O) groups is 2. The van der Waals surface area contributed by atoms with Crippen LogP contribution in [0.15, 0.2) is 60.9 Å². The lowest BCUT2D eigenvalue weighted by molar-refractivity contribution is 0.103. The zero-order valence-electron chi connectivity index (χ0n) is 17.3. The number of benzene rings is 2. The fourth-order valence-electron chi connectivity index (χ4n) is 2.72. The molecule has 2 aromatic carbocycles. The van der Waals surface area contributed by atoms with E-state index in [9.17, 15) is 9.59 Å². The molecule has 0 fully saturated rings. The third-order valence-electron chi connectivity index (χ3n) is 4.20. The fourth-order valence-corrected chi connectivity index (χ4v) is 3.99. The van der Waals surface area contributed by atoms with Crippen molar-refractivity contribution in [3.05, 3.63) is 81.8 Å². The third-order valence-corrected chi connectivity index (χ3v) is 5.85. The van der Waals surface area contributed by atoms with E-state index in [0.717, 1.165) is 0 Å². The third kappa shape index (κ3) is 5.29. The molecule has 0 saturated heterocycles. The summed E-state index contributed by atoms with van der Waals surface area (Å²) in [6.07, 6.45) is 2.96. The molecule has 0 aliphatic rings. The Morgan fingerprint density at radius 2 is 1.09 bits per heavy atom. The number of para-hydroxylation sites is 2. The molecule has 8 nitrogen and oxygen atoms in total. The Morgan fingerprint density at radius 3 is 1.41 bits per heavy atom. The van der Waals surface area contributed by atoms with Gasteiger partial charge < -0.3 is 20.9 Å². The molecule has 0 bridgehead atoms. The van der Waals surface area contributed by atoms with Crippen LogP contribution < -0.4 is 20.9 Å². The first-order valence-electron chi connectivity index (χ1n) is 9.22. The Morgan fingerprint density at radius 1 is 0.719 bits per heavy atom. The van der Waals surface area contributed by atoms with Crippen molar-refractivity contribution in [1.29, 1.82) is 0 Å². The van der Waals surface area contributed by atoms with Crippen LogP contribution in [0.1, 0.15) is 30.5 Å². The molecule has 0 unspecified atom stereocenters. The van der Waals surface area contributed by atoms with E-state index < -0.39 is 0 Å². The molecule has 0 aliphatic carbocycles. The second kappa shape index (κ2) is 10.5. The van der Waals surface area contributed by atoms with Gasteiger partial charge in [0.2, 0.25) is 11.6 Å². The van der Waals surface area contributed by atoms with Crippen molar-refractivity contribution < 1.29 is 19.1 Å². The number of anilines is 2. The first-order chi connectivity index (χ1) is 15.4. The van der Waals surface area contributed by atoms with Crippen molar-refractivity contribution in [3.8, 4) is 11.5 Å². The largest absolute Gasteiger partial charge is 0.496 e. The number of hydrogen-bond acceptors (Lipinski definition) is 10. The lowest BCUT2D eigenvalue weighted by atomic mass is 10.1. The van der Waals surface area contributed by atoms with Gasteiger partial charge in [0, 0.05) is 0 Å². The van der Waals surface area contributed by atoms with Gasteiger partial charge in [-0.15, -0.1) is 0 Å². The van der Waals surface area contributed by atoms with E-state index >= 15 is 0 Å². The zero-order valence-corrected chi connectivity index (χ0v) is 18.9. The number of carbonyl (C=O) groups excluding carboxylic acids is 2. The summed E-state index contributed by atoms with van der Waals surface area (Å²) in [4.78, 5) is 32.9. The summed E-state index contributed by atoms with van der Waals surface area (Å²) < 4.78 is 10.3. The molecule has 0 amide bonds. The smallest absolute Gasteiger partial charge is 0.208 e. The SMILES string of the molecule is COc1ccccc1C(=O)c1cnc(N)s1.COc1ccccc1C(=O)c1cnc(N)s1. The van der Waals surface area contributed by atoms with E-state index in [1.165, 1.54) is 49.3 Å². The quantitative estimate of drug-likeness (QED) is 0.407. The number of ketones is 2. The summed E-state index contributed by atoms with van der Waals surface area (Å²) in [6.45, 7) is 0. The van der Waals surface area contributed by atoms with E-state index in [-0.39, 0.29) is 11.6 Å². The molecule has 164 valence electrons. The van der Waals surface area contributed by atoms with E-state index in [2.05, 4.69) is 9.97 Å². The minimum atomic E-state index is -0.119. The average Bonchev–Trinajstić information content (AvgIpc) is 3.46. The summed E-state index contributed by atoms with van der Waals surface area (Å²) in [7, 11) is 3.07. The van der Waals surface area contributed by atoms with Gasteiger partial charge in [0.05, 0.1) is 47.5 Å². The molecule has 2 aromatic heterocycles. The molecule has 10 heteroatoms. The Labute approximate surface area is 192 Å². The van der Waals surface area contributed by atoms with E-state index in [1.807, 2.05) is 12.1 Å². The number of rotatable bonds is 6. The minimum Gasteiger partial charge on any atom is -0.496 e. The second-order valence-electron chi connectivity index (χ2n) is 6.18. The topological polar surface area (TPSA) is 130 Å². The van der Waals surface area contributed by atoms with E-state index in [4.69, 9.17) is 20.9 Å². The molecular formula is C22H20N4O4S2. The van der Waals surface area contributed by atoms with Gasteiger partial charge in [0.1, 0.15) is 11.5 Å². The monoisotopic (exact) mass is 468 g/mol. The van der Waals surface area contributed by atoms with Crippen LogP contribution in [0.5, 0.6) is 11.5 Å². The number of thiazole rings is 2. The highest BCUT2D eigenvalue weighted by atomic mass is 32.1. The van der Waals surface area contributed by atoms with Crippen LogP contribution in [0.4, 0.5) is 10.3 Å². The molecule has 0 saturated carbocycles. The molecule has 0 spiro atoms. The molecule has 4 rings (SSSR count). The fraction of sp³-hybridized carbons (Fsp3) is 0.0909. The van der Waals surface area contributed by atoms with Gasteiger partial charge in [-0.2, -0.15) is 0 Å². The predicted molar refractivity (Wildman–Crippen MR) is 126 cm³/mol. The van der Waals surface area contributed by atoms with Crippen molar-refractivity contribution in [2.24, 2.45) is 0 Å². The number of hydrogen-bond donors (Lipinski definition) is 2. The maximum absolute atomic E-state index is 12.1. The molecule has 0 radical (unpaired) electrons. The van der Waals surface area contributed by atoms with Crippen LogP contribution in [0.2, 0.25) is 0 Å². The number of ether oxygens (including phenoxy) is 2. The minimum absolute atomic E-state index is 0.119. The van der Waals surface area contributed by atoms with E-state index in [0.29, 0.717) is 42.6 Å². The van der Waals surface area contributed by atoms with Gasteiger partial charge in [-0.25, -0.2) is 9.97 Å². The number of methoxy groups -OCH3 is 2. The van der Waals surface area contributed by atoms with Crippen LogP contribution in [0.3, 0.4) is 0 Å². The molecule has 0 atom stereocenters. The molecule has 0 aliphatic heterocycles. The summed E-state index contributed by atoms with van der Waals surface area (Å²) in [5.41, 5.74) is 12.0. The number of nitrogens with zero attached hydrogens (tertiary/aromatic N) is 2. The summed E-state index contributed by atoms with van der Waals surface area (Å²) in [5, 5.41) is 0.775. The molecule has 4 N–H and O–H groups in total. The van der Waals surface area contributed by atoms with Crippen LogP contribution in [-0.2, 0) is 0 Å².